The molecule has 2 aliphatic carbocycles. The standard InChI is InChI=1S/C20H26O3/c1-14(13-21)10-17-7-9-20(23)12-16(6-8-19(17,20)2)15-4-3-5-18(22)11-15/h3-5,10-11,13,16-17,22-23H,6-9,12H2,1-2H3/b14-10+/t16-,17+,19+,20-/m0/s1. The van der Waals surface area contributed by atoms with Crippen molar-refractivity contribution in [2.24, 2.45) is 11.3 Å². The molecular formula is C20H26O3. The van der Waals surface area contributed by atoms with E-state index in [-0.39, 0.29) is 23.0 Å². The van der Waals surface area contributed by atoms with E-state index in [4.69, 9.17) is 0 Å². The zero-order valence-electron chi connectivity index (χ0n) is 14.0. The maximum atomic E-state index is 11.3. The number of hydrogen-bond donors (Lipinski definition) is 2. The molecule has 3 nitrogen and oxygen atoms in total. The smallest absolute Gasteiger partial charge is 0.145 e. The molecule has 2 aliphatic rings. The maximum absolute atomic E-state index is 11.3. The Hall–Kier alpha value is -1.61. The van der Waals surface area contributed by atoms with Gasteiger partial charge in [0.05, 0.1) is 5.60 Å². The Morgan fingerprint density at radius 3 is 2.78 bits per heavy atom. The molecule has 1 aromatic carbocycles. The molecule has 0 aliphatic heterocycles. The molecule has 23 heavy (non-hydrogen) atoms. The third-order valence-corrected chi connectivity index (χ3v) is 6.34. The quantitative estimate of drug-likeness (QED) is 0.656. The second-order valence-corrected chi connectivity index (χ2v) is 7.66. The summed E-state index contributed by atoms with van der Waals surface area (Å²) >= 11 is 0. The van der Waals surface area contributed by atoms with Gasteiger partial charge in [0.2, 0.25) is 0 Å². The van der Waals surface area contributed by atoms with E-state index in [2.05, 4.69) is 13.0 Å². The van der Waals surface area contributed by atoms with Gasteiger partial charge in [0.1, 0.15) is 12.0 Å². The Kier molecular flexibility index (Phi) is 4.09. The van der Waals surface area contributed by atoms with Gasteiger partial charge in [-0.1, -0.05) is 25.1 Å². The number of hydrogen-bond acceptors (Lipinski definition) is 3. The highest BCUT2D eigenvalue weighted by Gasteiger charge is 2.58. The molecule has 3 heteroatoms. The zero-order valence-corrected chi connectivity index (χ0v) is 14.0. The van der Waals surface area contributed by atoms with Crippen LogP contribution < -0.4 is 0 Å². The molecule has 2 fully saturated rings. The number of rotatable bonds is 3. The van der Waals surface area contributed by atoms with Crippen molar-refractivity contribution in [2.45, 2.75) is 57.5 Å². The first-order chi connectivity index (χ1) is 10.9. The normalized spacial score (nSPS) is 37.4. The highest BCUT2D eigenvalue weighted by molar-refractivity contribution is 5.72. The molecular weight excluding hydrogens is 288 g/mol. The molecule has 0 bridgehead atoms. The van der Waals surface area contributed by atoms with Gasteiger partial charge >= 0.3 is 0 Å². The average molecular weight is 314 g/mol. The van der Waals surface area contributed by atoms with Crippen molar-refractivity contribution in [1.82, 2.24) is 0 Å². The number of carbonyl (C=O) groups excluding carboxylic acids is 1. The van der Waals surface area contributed by atoms with Crippen molar-refractivity contribution in [3.63, 3.8) is 0 Å². The van der Waals surface area contributed by atoms with Gasteiger partial charge in [-0.2, -0.15) is 0 Å². The Bertz CT molecular complexity index is 636. The van der Waals surface area contributed by atoms with Crippen LogP contribution in [0.4, 0.5) is 0 Å². The summed E-state index contributed by atoms with van der Waals surface area (Å²) in [6, 6.07) is 7.42. The molecule has 0 amide bonds. The SMILES string of the molecule is C/C(C=O)=C\[C@H]1CC[C@]2(O)C[C@@H](c3cccc(O)c3)CC[C@]12C. The van der Waals surface area contributed by atoms with Crippen LogP contribution in [-0.2, 0) is 4.79 Å². The molecule has 2 saturated carbocycles. The van der Waals surface area contributed by atoms with Gasteiger partial charge in [0.25, 0.3) is 0 Å². The Morgan fingerprint density at radius 1 is 1.30 bits per heavy atom. The summed E-state index contributed by atoms with van der Waals surface area (Å²) in [5.74, 6) is 0.842. The van der Waals surface area contributed by atoms with Crippen LogP contribution in [0.15, 0.2) is 35.9 Å². The van der Waals surface area contributed by atoms with E-state index >= 15 is 0 Å². The minimum Gasteiger partial charge on any atom is -0.508 e. The monoisotopic (exact) mass is 314 g/mol. The molecule has 0 heterocycles. The van der Waals surface area contributed by atoms with Gasteiger partial charge in [-0.15, -0.1) is 0 Å². The lowest BCUT2D eigenvalue weighted by Crippen LogP contribution is -2.49. The fourth-order valence-electron chi connectivity index (χ4n) is 4.77. The molecule has 124 valence electrons. The minimum atomic E-state index is -0.689. The zero-order chi connectivity index (χ0) is 16.7. The maximum Gasteiger partial charge on any atom is 0.145 e. The van der Waals surface area contributed by atoms with Crippen molar-refractivity contribution < 1.29 is 15.0 Å². The van der Waals surface area contributed by atoms with Crippen LogP contribution in [0, 0.1) is 11.3 Å². The minimum absolute atomic E-state index is 0.162. The van der Waals surface area contributed by atoms with Crippen molar-refractivity contribution in [3.05, 3.63) is 41.5 Å². The highest BCUT2D eigenvalue weighted by Crippen LogP contribution is 2.61. The second kappa shape index (κ2) is 5.79. The van der Waals surface area contributed by atoms with Crippen molar-refractivity contribution in [1.29, 1.82) is 0 Å². The summed E-state index contributed by atoms with van der Waals surface area (Å²) in [6.45, 7) is 4.02. The van der Waals surface area contributed by atoms with Crippen molar-refractivity contribution in [2.75, 3.05) is 0 Å². The van der Waals surface area contributed by atoms with Gasteiger partial charge in [-0.05, 0) is 74.1 Å². The van der Waals surface area contributed by atoms with Gasteiger partial charge in [0.15, 0.2) is 0 Å². The van der Waals surface area contributed by atoms with Crippen LogP contribution in [0.1, 0.15) is 57.4 Å². The Morgan fingerprint density at radius 2 is 2.09 bits per heavy atom. The first kappa shape index (κ1) is 16.3. The molecule has 0 spiro atoms. The van der Waals surface area contributed by atoms with Crippen LogP contribution in [-0.4, -0.2) is 22.1 Å². The highest BCUT2D eigenvalue weighted by atomic mass is 16.3. The number of aromatic hydroxyl groups is 1. The van der Waals surface area contributed by atoms with E-state index in [1.807, 2.05) is 25.1 Å². The van der Waals surface area contributed by atoms with E-state index in [1.54, 1.807) is 6.07 Å². The fourth-order valence-corrected chi connectivity index (χ4v) is 4.77. The summed E-state index contributed by atoms with van der Waals surface area (Å²) < 4.78 is 0. The lowest BCUT2D eigenvalue weighted by molar-refractivity contribution is -0.105. The van der Waals surface area contributed by atoms with Crippen LogP contribution in [0.5, 0.6) is 5.75 Å². The summed E-state index contributed by atoms with van der Waals surface area (Å²) in [5, 5.41) is 21.1. The van der Waals surface area contributed by atoms with Crippen LogP contribution in [0.25, 0.3) is 0 Å². The molecule has 1 aromatic rings. The predicted molar refractivity (Wildman–Crippen MR) is 90.3 cm³/mol. The number of allylic oxidation sites excluding steroid dienone is 2. The number of fused-ring (bicyclic) bond motifs is 1. The van der Waals surface area contributed by atoms with Crippen LogP contribution in [0.3, 0.4) is 0 Å². The van der Waals surface area contributed by atoms with Gasteiger partial charge in [-0.25, -0.2) is 0 Å². The molecule has 0 saturated heterocycles. The summed E-state index contributed by atoms with van der Waals surface area (Å²) in [7, 11) is 0. The molecule has 0 radical (unpaired) electrons. The molecule has 0 unspecified atom stereocenters. The lowest BCUT2D eigenvalue weighted by Gasteiger charge is -2.49. The van der Waals surface area contributed by atoms with Crippen molar-refractivity contribution >= 4 is 6.29 Å². The van der Waals surface area contributed by atoms with Gasteiger partial charge in [0, 0.05) is 5.41 Å². The Balaban J connectivity index is 1.85. The first-order valence-electron chi connectivity index (χ1n) is 8.53. The summed E-state index contributed by atoms with van der Waals surface area (Å²) in [4.78, 5) is 11.0. The molecule has 0 aromatic heterocycles. The van der Waals surface area contributed by atoms with Crippen LogP contribution in [0.2, 0.25) is 0 Å². The predicted octanol–water partition coefficient (Wildman–Crippen LogP) is 3.95. The van der Waals surface area contributed by atoms with E-state index in [0.29, 0.717) is 0 Å². The number of phenols is 1. The first-order valence-corrected chi connectivity index (χ1v) is 8.53. The Labute approximate surface area is 138 Å². The number of benzene rings is 1. The third-order valence-electron chi connectivity index (χ3n) is 6.34. The molecule has 2 N–H and O–H groups in total. The van der Waals surface area contributed by atoms with E-state index < -0.39 is 5.60 Å². The topological polar surface area (TPSA) is 57.5 Å². The van der Waals surface area contributed by atoms with E-state index in [1.165, 1.54) is 0 Å². The van der Waals surface area contributed by atoms with Crippen LogP contribution >= 0.6 is 0 Å². The summed E-state index contributed by atoms with van der Waals surface area (Å²) in [5.41, 5.74) is 1.02. The number of carbonyl (C=O) groups is 1. The van der Waals surface area contributed by atoms with Gasteiger partial charge < -0.3 is 10.2 Å². The second-order valence-electron chi connectivity index (χ2n) is 7.66. The van der Waals surface area contributed by atoms with Gasteiger partial charge in [-0.3, -0.25) is 4.79 Å². The molecule has 3 rings (SSSR count). The summed E-state index contributed by atoms with van der Waals surface area (Å²) in [6.07, 6.45) is 7.36. The fraction of sp³-hybridized carbons (Fsp3) is 0.550. The molecule has 4 atom stereocenters. The number of aliphatic hydroxyl groups is 1. The average Bonchev–Trinajstić information content (AvgIpc) is 2.78. The third kappa shape index (κ3) is 2.72. The number of phenolic OH excluding ortho intramolecular Hbond substituents is 1. The van der Waals surface area contributed by atoms with E-state index in [0.717, 1.165) is 49.5 Å². The lowest BCUT2D eigenvalue weighted by atomic mass is 9.59. The number of aldehydes is 1. The van der Waals surface area contributed by atoms with E-state index in [9.17, 15) is 15.0 Å². The largest absolute Gasteiger partial charge is 0.508 e. The van der Waals surface area contributed by atoms with Crippen molar-refractivity contribution in [3.8, 4) is 5.75 Å².